The molecule has 4 nitrogen and oxygen atoms in total. The highest BCUT2D eigenvalue weighted by molar-refractivity contribution is 5.75. The second-order valence-corrected chi connectivity index (χ2v) is 2.84. The smallest absolute Gasteiger partial charge is 0.217 e. The average molecular weight is 202 g/mol. The Hall–Kier alpha value is -2.15. The van der Waals surface area contributed by atoms with E-state index in [4.69, 9.17) is 0 Å². The van der Waals surface area contributed by atoms with Crippen molar-refractivity contribution in [1.29, 1.82) is 0 Å². The topological polar surface area (TPSA) is 59.1 Å². The molecule has 4 heteroatoms. The highest BCUT2D eigenvalue weighted by Gasteiger charge is 1.91. The summed E-state index contributed by atoms with van der Waals surface area (Å²) in [5, 5.41) is 2.54. The summed E-state index contributed by atoms with van der Waals surface area (Å²) in [5.74, 6) is 5.41. The zero-order chi connectivity index (χ0) is 11.1. The maximum Gasteiger partial charge on any atom is 0.217 e. The largest absolute Gasteiger partial charge is 0.345 e. The minimum Gasteiger partial charge on any atom is -0.345 e. The molecule has 1 heterocycles. The van der Waals surface area contributed by atoms with Gasteiger partial charge in [0.15, 0.2) is 6.29 Å². The third-order valence-corrected chi connectivity index (χ3v) is 1.55. The molecule has 1 rings (SSSR count). The number of pyridine rings is 1. The van der Waals surface area contributed by atoms with Crippen LogP contribution in [0, 0.1) is 11.8 Å². The molecule has 0 spiro atoms. The molecule has 0 saturated carbocycles. The van der Waals surface area contributed by atoms with Crippen LogP contribution in [0.5, 0.6) is 0 Å². The number of rotatable bonds is 2. The van der Waals surface area contributed by atoms with Gasteiger partial charge in [-0.05, 0) is 6.07 Å². The van der Waals surface area contributed by atoms with Crippen molar-refractivity contribution in [3.8, 4) is 11.8 Å². The number of amides is 1. The molecular formula is C11H10N2O2. The first-order valence-electron chi connectivity index (χ1n) is 4.36. The van der Waals surface area contributed by atoms with Gasteiger partial charge in [0.05, 0.1) is 6.54 Å². The van der Waals surface area contributed by atoms with Gasteiger partial charge in [-0.2, -0.15) is 0 Å². The van der Waals surface area contributed by atoms with Gasteiger partial charge in [-0.1, -0.05) is 11.8 Å². The summed E-state index contributed by atoms with van der Waals surface area (Å²) in [4.78, 5) is 24.8. The van der Waals surface area contributed by atoms with Gasteiger partial charge in [0, 0.05) is 30.4 Å². The van der Waals surface area contributed by atoms with Crippen molar-refractivity contribution in [1.82, 2.24) is 10.3 Å². The summed E-state index contributed by atoms with van der Waals surface area (Å²) in [6, 6.07) is 1.64. The van der Waals surface area contributed by atoms with E-state index in [1.807, 2.05) is 0 Å². The van der Waals surface area contributed by atoms with E-state index in [1.54, 1.807) is 12.3 Å². The monoisotopic (exact) mass is 202 g/mol. The predicted octanol–water partition coefficient (Wildman–Crippen LogP) is 0.382. The van der Waals surface area contributed by atoms with Gasteiger partial charge in [-0.25, -0.2) is 0 Å². The van der Waals surface area contributed by atoms with Crippen molar-refractivity contribution in [3.63, 3.8) is 0 Å². The quantitative estimate of drug-likeness (QED) is 0.557. The highest BCUT2D eigenvalue weighted by atomic mass is 16.1. The lowest BCUT2D eigenvalue weighted by atomic mass is 10.2. The van der Waals surface area contributed by atoms with Crippen molar-refractivity contribution < 1.29 is 9.59 Å². The molecule has 1 amide bonds. The fraction of sp³-hybridized carbons (Fsp3) is 0.182. The molecule has 0 unspecified atom stereocenters. The predicted molar refractivity (Wildman–Crippen MR) is 55.2 cm³/mol. The van der Waals surface area contributed by atoms with Crippen LogP contribution in [0.1, 0.15) is 22.8 Å². The van der Waals surface area contributed by atoms with Crippen LogP contribution in [0.15, 0.2) is 18.5 Å². The Morgan fingerprint density at radius 2 is 2.40 bits per heavy atom. The van der Waals surface area contributed by atoms with Gasteiger partial charge < -0.3 is 5.32 Å². The minimum atomic E-state index is -0.121. The summed E-state index contributed by atoms with van der Waals surface area (Å²) in [6.07, 6.45) is 3.74. The second kappa shape index (κ2) is 5.55. The first-order chi connectivity index (χ1) is 7.22. The summed E-state index contributed by atoms with van der Waals surface area (Å²) in [7, 11) is 0. The fourth-order valence-corrected chi connectivity index (χ4v) is 0.905. The molecule has 0 atom stereocenters. The van der Waals surface area contributed by atoms with E-state index in [0.29, 0.717) is 24.0 Å². The first kappa shape index (κ1) is 10.9. The molecule has 0 saturated heterocycles. The van der Waals surface area contributed by atoms with Gasteiger partial charge in [-0.15, -0.1) is 0 Å². The van der Waals surface area contributed by atoms with Crippen molar-refractivity contribution in [2.24, 2.45) is 0 Å². The van der Waals surface area contributed by atoms with Crippen LogP contribution < -0.4 is 5.32 Å². The van der Waals surface area contributed by atoms with Crippen LogP contribution in [0.2, 0.25) is 0 Å². The number of nitrogens with one attached hydrogen (secondary N) is 1. The lowest BCUT2D eigenvalue weighted by Crippen LogP contribution is -2.19. The molecular weight excluding hydrogens is 192 g/mol. The first-order valence-corrected chi connectivity index (χ1v) is 4.36. The number of aromatic nitrogens is 1. The van der Waals surface area contributed by atoms with Crippen molar-refractivity contribution in [2.45, 2.75) is 6.92 Å². The lowest BCUT2D eigenvalue weighted by molar-refractivity contribution is -0.118. The molecule has 76 valence electrons. The third kappa shape index (κ3) is 4.05. The van der Waals surface area contributed by atoms with E-state index in [2.05, 4.69) is 22.1 Å². The maximum absolute atomic E-state index is 10.5. The van der Waals surface area contributed by atoms with Crippen LogP contribution in [0.4, 0.5) is 0 Å². The SMILES string of the molecule is CC(=O)NCC#Cc1cncc(C=O)c1. The number of hydrogen-bond acceptors (Lipinski definition) is 3. The third-order valence-electron chi connectivity index (χ3n) is 1.55. The van der Waals surface area contributed by atoms with Gasteiger partial charge in [-0.3, -0.25) is 14.6 Å². The molecule has 0 radical (unpaired) electrons. The zero-order valence-electron chi connectivity index (χ0n) is 8.28. The van der Waals surface area contributed by atoms with E-state index >= 15 is 0 Å². The van der Waals surface area contributed by atoms with Crippen LogP contribution in [-0.4, -0.2) is 23.7 Å². The van der Waals surface area contributed by atoms with Crippen LogP contribution in [0.3, 0.4) is 0 Å². The van der Waals surface area contributed by atoms with Crippen molar-refractivity contribution in [2.75, 3.05) is 6.54 Å². The van der Waals surface area contributed by atoms with Crippen LogP contribution in [-0.2, 0) is 4.79 Å². The lowest BCUT2D eigenvalue weighted by Gasteiger charge is -1.92. The van der Waals surface area contributed by atoms with Gasteiger partial charge >= 0.3 is 0 Å². The maximum atomic E-state index is 10.5. The Kier molecular flexibility index (Phi) is 4.05. The molecule has 0 fully saturated rings. The van der Waals surface area contributed by atoms with Crippen LogP contribution >= 0.6 is 0 Å². The van der Waals surface area contributed by atoms with E-state index in [-0.39, 0.29) is 5.91 Å². The molecule has 0 aliphatic rings. The number of carbonyl (C=O) groups excluding carboxylic acids is 2. The Labute approximate surface area is 87.7 Å². The van der Waals surface area contributed by atoms with E-state index in [1.165, 1.54) is 13.1 Å². The van der Waals surface area contributed by atoms with Gasteiger partial charge in [0.1, 0.15) is 0 Å². The van der Waals surface area contributed by atoms with E-state index < -0.39 is 0 Å². The van der Waals surface area contributed by atoms with Crippen LogP contribution in [0.25, 0.3) is 0 Å². The minimum absolute atomic E-state index is 0.121. The zero-order valence-corrected chi connectivity index (χ0v) is 8.28. The molecule has 0 aliphatic heterocycles. The number of carbonyl (C=O) groups is 2. The van der Waals surface area contributed by atoms with Gasteiger partial charge in [0.25, 0.3) is 0 Å². The highest BCUT2D eigenvalue weighted by Crippen LogP contribution is 1.97. The Balaban J connectivity index is 2.63. The van der Waals surface area contributed by atoms with Gasteiger partial charge in [0.2, 0.25) is 5.91 Å². The molecule has 1 aromatic heterocycles. The molecule has 0 aromatic carbocycles. The summed E-state index contributed by atoms with van der Waals surface area (Å²) >= 11 is 0. The number of aldehydes is 1. The molecule has 15 heavy (non-hydrogen) atoms. The number of hydrogen-bond donors (Lipinski definition) is 1. The molecule has 1 N–H and O–H groups in total. The molecule has 0 bridgehead atoms. The summed E-state index contributed by atoms with van der Waals surface area (Å²) in [6.45, 7) is 1.72. The average Bonchev–Trinajstić information content (AvgIpc) is 2.24. The Morgan fingerprint density at radius 3 is 3.07 bits per heavy atom. The standard InChI is InChI=1S/C11H10N2O2/c1-9(15)13-4-2-3-10-5-11(8-14)7-12-6-10/h5-8H,4H2,1H3,(H,13,15). The van der Waals surface area contributed by atoms with Crippen molar-refractivity contribution >= 4 is 12.2 Å². The summed E-state index contributed by atoms with van der Waals surface area (Å²) in [5.41, 5.74) is 1.14. The molecule has 1 aromatic rings. The summed E-state index contributed by atoms with van der Waals surface area (Å²) < 4.78 is 0. The van der Waals surface area contributed by atoms with Crippen molar-refractivity contribution in [3.05, 3.63) is 29.6 Å². The van der Waals surface area contributed by atoms with E-state index in [0.717, 1.165) is 0 Å². The fourth-order valence-electron chi connectivity index (χ4n) is 0.905. The Bertz CT molecular complexity index is 430. The second-order valence-electron chi connectivity index (χ2n) is 2.84. The molecule has 0 aliphatic carbocycles. The normalized spacial score (nSPS) is 8.60. The van der Waals surface area contributed by atoms with E-state index in [9.17, 15) is 9.59 Å². The number of nitrogens with zero attached hydrogens (tertiary/aromatic N) is 1. The Morgan fingerprint density at radius 1 is 1.60 bits per heavy atom.